The second-order valence-electron chi connectivity index (χ2n) is 4.02. The summed E-state index contributed by atoms with van der Waals surface area (Å²) in [5.74, 6) is -1.38. The highest BCUT2D eigenvalue weighted by Crippen LogP contribution is 2.28. The van der Waals surface area contributed by atoms with Crippen LogP contribution >= 0.6 is 31.9 Å². The SMILES string of the molecule is Cn1ncc(C(=O)O)c1NS(=O)(=O)c1ccc(Br)cc1Br. The van der Waals surface area contributed by atoms with E-state index in [0.29, 0.717) is 8.95 Å². The number of carboxylic acids is 1. The summed E-state index contributed by atoms with van der Waals surface area (Å²) < 4.78 is 29.2. The summed E-state index contributed by atoms with van der Waals surface area (Å²) in [5.41, 5.74) is -0.227. The van der Waals surface area contributed by atoms with Crippen LogP contribution in [0.4, 0.5) is 5.82 Å². The Kier molecular flexibility index (Phi) is 4.40. The minimum atomic E-state index is -3.95. The van der Waals surface area contributed by atoms with E-state index in [4.69, 9.17) is 5.11 Å². The number of aromatic carboxylic acids is 1. The first-order chi connectivity index (χ1) is 9.72. The molecule has 0 saturated carbocycles. The molecule has 0 radical (unpaired) electrons. The van der Waals surface area contributed by atoms with Crippen LogP contribution in [0.3, 0.4) is 0 Å². The average molecular weight is 439 g/mol. The topological polar surface area (TPSA) is 101 Å². The zero-order valence-electron chi connectivity index (χ0n) is 10.5. The van der Waals surface area contributed by atoms with Crippen LogP contribution in [0.2, 0.25) is 0 Å². The number of anilines is 1. The summed E-state index contributed by atoms with van der Waals surface area (Å²) in [6.07, 6.45) is 1.08. The Morgan fingerprint density at radius 3 is 2.62 bits per heavy atom. The number of carboxylic acid groups (broad SMARTS) is 1. The molecule has 0 spiro atoms. The molecule has 112 valence electrons. The average Bonchev–Trinajstić information content (AvgIpc) is 2.70. The second-order valence-corrected chi connectivity index (χ2v) is 7.44. The fourth-order valence-corrected chi connectivity index (χ4v) is 4.45. The number of carbonyl (C=O) groups is 1. The molecule has 2 aromatic rings. The smallest absolute Gasteiger partial charge is 0.341 e. The predicted octanol–water partition coefficient (Wildman–Crippen LogP) is 2.44. The van der Waals surface area contributed by atoms with Crippen LogP contribution in [0, 0.1) is 0 Å². The summed E-state index contributed by atoms with van der Waals surface area (Å²) in [6.45, 7) is 0. The fraction of sp³-hybridized carbons (Fsp3) is 0.0909. The first-order valence-corrected chi connectivity index (χ1v) is 8.52. The molecule has 1 aromatic carbocycles. The largest absolute Gasteiger partial charge is 0.477 e. The van der Waals surface area contributed by atoms with Gasteiger partial charge in [-0.3, -0.25) is 9.40 Å². The van der Waals surface area contributed by atoms with Gasteiger partial charge < -0.3 is 5.11 Å². The van der Waals surface area contributed by atoms with Crippen LogP contribution in [0.25, 0.3) is 0 Å². The van der Waals surface area contributed by atoms with Crippen molar-refractivity contribution in [2.75, 3.05) is 4.72 Å². The molecule has 0 aliphatic heterocycles. The highest BCUT2D eigenvalue weighted by atomic mass is 79.9. The van der Waals surface area contributed by atoms with Gasteiger partial charge in [0.15, 0.2) is 5.82 Å². The molecule has 0 fully saturated rings. The molecule has 0 bridgehead atoms. The first kappa shape index (κ1) is 16.0. The molecule has 0 amide bonds. The van der Waals surface area contributed by atoms with Crippen molar-refractivity contribution in [2.45, 2.75) is 4.90 Å². The molecule has 7 nitrogen and oxygen atoms in total. The zero-order chi connectivity index (χ0) is 15.8. The summed E-state index contributed by atoms with van der Waals surface area (Å²) in [7, 11) is -2.51. The van der Waals surface area contributed by atoms with Gasteiger partial charge in [0.2, 0.25) is 0 Å². The van der Waals surface area contributed by atoms with Crippen LogP contribution in [-0.2, 0) is 17.1 Å². The van der Waals surface area contributed by atoms with Crippen LogP contribution in [0.1, 0.15) is 10.4 Å². The van der Waals surface area contributed by atoms with E-state index in [1.807, 2.05) is 0 Å². The van der Waals surface area contributed by atoms with Crippen LogP contribution in [0.15, 0.2) is 38.2 Å². The van der Waals surface area contributed by atoms with E-state index in [9.17, 15) is 13.2 Å². The van der Waals surface area contributed by atoms with Crippen molar-refractivity contribution >= 4 is 53.7 Å². The van der Waals surface area contributed by atoms with Crippen molar-refractivity contribution in [3.63, 3.8) is 0 Å². The lowest BCUT2D eigenvalue weighted by Crippen LogP contribution is -2.18. The van der Waals surface area contributed by atoms with Crippen LogP contribution < -0.4 is 4.72 Å². The van der Waals surface area contributed by atoms with Gasteiger partial charge in [0.05, 0.1) is 6.20 Å². The molecular formula is C11H9Br2N3O4S. The summed E-state index contributed by atoms with van der Waals surface area (Å²) in [6, 6.07) is 4.55. The Hall–Kier alpha value is -1.39. The Morgan fingerprint density at radius 2 is 2.05 bits per heavy atom. The molecule has 0 aliphatic rings. The van der Waals surface area contributed by atoms with Crippen molar-refractivity contribution in [1.29, 1.82) is 0 Å². The van der Waals surface area contributed by atoms with Gasteiger partial charge >= 0.3 is 5.97 Å². The second kappa shape index (κ2) is 5.78. The van der Waals surface area contributed by atoms with E-state index in [2.05, 4.69) is 41.7 Å². The third-order valence-corrected chi connectivity index (χ3v) is 5.39. The number of aryl methyl sites for hydroxylation is 1. The van der Waals surface area contributed by atoms with Gasteiger partial charge in [0.25, 0.3) is 10.0 Å². The normalized spacial score (nSPS) is 11.4. The molecule has 0 atom stereocenters. The van der Waals surface area contributed by atoms with Crippen molar-refractivity contribution in [3.8, 4) is 0 Å². The van der Waals surface area contributed by atoms with Gasteiger partial charge in [-0.1, -0.05) is 15.9 Å². The Labute approximate surface area is 137 Å². The number of rotatable bonds is 4. The molecule has 0 unspecified atom stereocenters. The molecule has 10 heteroatoms. The summed E-state index contributed by atoms with van der Waals surface area (Å²) in [5, 5.41) is 12.8. The Morgan fingerprint density at radius 1 is 1.38 bits per heavy atom. The third kappa shape index (κ3) is 3.27. The number of nitrogens with zero attached hydrogens (tertiary/aromatic N) is 2. The van der Waals surface area contributed by atoms with Crippen molar-refractivity contribution in [2.24, 2.45) is 7.05 Å². The number of sulfonamides is 1. The molecular weight excluding hydrogens is 430 g/mol. The first-order valence-electron chi connectivity index (χ1n) is 5.45. The number of benzene rings is 1. The van der Waals surface area contributed by atoms with E-state index in [0.717, 1.165) is 10.9 Å². The van der Waals surface area contributed by atoms with Gasteiger partial charge in [-0.25, -0.2) is 13.2 Å². The number of halogens is 2. The number of hydrogen-bond donors (Lipinski definition) is 2. The molecule has 21 heavy (non-hydrogen) atoms. The highest BCUT2D eigenvalue weighted by molar-refractivity contribution is 9.11. The quantitative estimate of drug-likeness (QED) is 0.763. The Balaban J connectivity index is 2.47. The van der Waals surface area contributed by atoms with Crippen LogP contribution in [0.5, 0.6) is 0 Å². The number of nitrogens with one attached hydrogen (secondary N) is 1. The van der Waals surface area contributed by atoms with E-state index in [1.165, 1.54) is 13.1 Å². The van der Waals surface area contributed by atoms with E-state index in [1.54, 1.807) is 12.1 Å². The molecule has 1 aromatic heterocycles. The number of aromatic nitrogens is 2. The van der Waals surface area contributed by atoms with Gasteiger partial charge in [-0.15, -0.1) is 0 Å². The number of hydrogen-bond acceptors (Lipinski definition) is 4. The minimum absolute atomic E-state index is 0.0109. The van der Waals surface area contributed by atoms with E-state index < -0.39 is 16.0 Å². The van der Waals surface area contributed by atoms with Gasteiger partial charge in [-0.2, -0.15) is 5.10 Å². The lowest BCUT2D eigenvalue weighted by atomic mass is 10.3. The maximum absolute atomic E-state index is 12.4. The predicted molar refractivity (Wildman–Crippen MR) is 82.8 cm³/mol. The van der Waals surface area contributed by atoms with Crippen molar-refractivity contribution in [3.05, 3.63) is 38.9 Å². The highest BCUT2D eigenvalue weighted by Gasteiger charge is 2.23. The molecule has 0 saturated heterocycles. The maximum atomic E-state index is 12.4. The standard InChI is InChI=1S/C11H9Br2N3O4S/c1-16-10(7(5-14-16)11(17)18)15-21(19,20)9-3-2-6(12)4-8(9)13/h2-5,15H,1H3,(H,17,18). The zero-order valence-corrected chi connectivity index (χ0v) is 14.5. The Bertz CT molecular complexity index is 817. The van der Waals surface area contributed by atoms with Gasteiger partial charge in [0.1, 0.15) is 10.5 Å². The van der Waals surface area contributed by atoms with E-state index >= 15 is 0 Å². The molecule has 2 rings (SSSR count). The van der Waals surface area contributed by atoms with E-state index in [-0.39, 0.29) is 16.3 Å². The molecule has 2 N–H and O–H groups in total. The monoisotopic (exact) mass is 437 g/mol. The lowest BCUT2D eigenvalue weighted by molar-refractivity contribution is 0.0698. The lowest BCUT2D eigenvalue weighted by Gasteiger charge is -2.10. The fourth-order valence-electron chi connectivity index (χ4n) is 1.59. The molecule has 0 aliphatic carbocycles. The summed E-state index contributed by atoms with van der Waals surface area (Å²) >= 11 is 6.39. The summed E-state index contributed by atoms with van der Waals surface area (Å²) in [4.78, 5) is 11.1. The minimum Gasteiger partial charge on any atom is -0.477 e. The third-order valence-electron chi connectivity index (χ3n) is 2.58. The van der Waals surface area contributed by atoms with Crippen molar-refractivity contribution in [1.82, 2.24) is 9.78 Å². The van der Waals surface area contributed by atoms with Crippen molar-refractivity contribution < 1.29 is 18.3 Å². The van der Waals surface area contributed by atoms with Gasteiger partial charge in [-0.05, 0) is 34.1 Å². The maximum Gasteiger partial charge on any atom is 0.341 e. The molecule has 1 heterocycles. The van der Waals surface area contributed by atoms with Gasteiger partial charge in [0, 0.05) is 16.0 Å². The van der Waals surface area contributed by atoms with Crippen LogP contribution in [-0.4, -0.2) is 29.3 Å².